The molecule has 0 spiro atoms. The minimum absolute atomic E-state index is 0.699. The third-order valence-electron chi connectivity index (χ3n) is 3.18. The molecule has 0 unspecified atom stereocenters. The Labute approximate surface area is 117 Å². The van der Waals surface area contributed by atoms with Gasteiger partial charge >= 0.3 is 0 Å². The summed E-state index contributed by atoms with van der Waals surface area (Å²) in [7, 11) is 0. The standard InChI is InChI=1S/C16H17N3O/c1-3-16-19-14-8-12(6-7-15(14)20-16)18-10-13-5-4-11(2)9-17-13/h4-9,18H,3,10H2,1-2H3. The maximum absolute atomic E-state index is 5.60. The van der Waals surface area contributed by atoms with E-state index >= 15 is 0 Å². The molecule has 3 rings (SSSR count). The number of rotatable bonds is 4. The van der Waals surface area contributed by atoms with Crippen LogP contribution in [0, 0.1) is 6.92 Å². The van der Waals surface area contributed by atoms with Crippen molar-refractivity contribution in [3.63, 3.8) is 0 Å². The van der Waals surface area contributed by atoms with Gasteiger partial charge in [-0.05, 0) is 36.8 Å². The van der Waals surface area contributed by atoms with Crippen LogP contribution in [0.1, 0.15) is 24.1 Å². The molecule has 0 amide bonds. The molecule has 0 saturated heterocycles. The van der Waals surface area contributed by atoms with Crippen LogP contribution in [0.15, 0.2) is 40.9 Å². The Morgan fingerprint density at radius 1 is 1.20 bits per heavy atom. The molecule has 0 aliphatic heterocycles. The molecule has 102 valence electrons. The van der Waals surface area contributed by atoms with E-state index in [1.807, 2.05) is 44.3 Å². The van der Waals surface area contributed by atoms with Gasteiger partial charge in [0.1, 0.15) is 5.52 Å². The molecule has 0 aliphatic carbocycles. The maximum atomic E-state index is 5.60. The first-order valence-corrected chi connectivity index (χ1v) is 6.79. The first-order valence-electron chi connectivity index (χ1n) is 6.79. The molecule has 0 saturated carbocycles. The summed E-state index contributed by atoms with van der Waals surface area (Å²) in [5.41, 5.74) is 4.94. The normalized spacial score (nSPS) is 10.9. The maximum Gasteiger partial charge on any atom is 0.195 e. The molecule has 2 heterocycles. The summed E-state index contributed by atoms with van der Waals surface area (Å²) in [4.78, 5) is 8.81. The molecule has 0 bridgehead atoms. The van der Waals surface area contributed by atoms with Gasteiger partial charge in [-0.25, -0.2) is 4.98 Å². The van der Waals surface area contributed by atoms with Crippen molar-refractivity contribution >= 4 is 16.8 Å². The molecule has 1 N–H and O–H groups in total. The smallest absolute Gasteiger partial charge is 0.195 e. The van der Waals surface area contributed by atoms with Crippen LogP contribution in [-0.4, -0.2) is 9.97 Å². The fourth-order valence-corrected chi connectivity index (χ4v) is 2.03. The molecule has 0 aliphatic rings. The molecular weight excluding hydrogens is 250 g/mol. The van der Waals surface area contributed by atoms with Crippen LogP contribution in [0.3, 0.4) is 0 Å². The number of fused-ring (bicyclic) bond motifs is 1. The second kappa shape index (κ2) is 5.33. The summed E-state index contributed by atoms with van der Waals surface area (Å²) in [5, 5.41) is 3.36. The molecular formula is C16H17N3O. The van der Waals surface area contributed by atoms with Crippen molar-refractivity contribution in [2.45, 2.75) is 26.8 Å². The highest BCUT2D eigenvalue weighted by molar-refractivity contribution is 5.77. The van der Waals surface area contributed by atoms with Crippen LogP contribution in [0.4, 0.5) is 5.69 Å². The Hall–Kier alpha value is -2.36. The van der Waals surface area contributed by atoms with Crippen molar-refractivity contribution in [2.75, 3.05) is 5.32 Å². The molecule has 4 nitrogen and oxygen atoms in total. The molecule has 4 heteroatoms. The van der Waals surface area contributed by atoms with Crippen LogP contribution in [0.2, 0.25) is 0 Å². The molecule has 2 aromatic heterocycles. The molecule has 1 aromatic carbocycles. The zero-order valence-corrected chi connectivity index (χ0v) is 11.7. The summed E-state index contributed by atoms with van der Waals surface area (Å²) >= 11 is 0. The Morgan fingerprint density at radius 3 is 2.85 bits per heavy atom. The van der Waals surface area contributed by atoms with E-state index in [2.05, 4.69) is 21.4 Å². The van der Waals surface area contributed by atoms with E-state index in [-0.39, 0.29) is 0 Å². The van der Waals surface area contributed by atoms with Gasteiger partial charge in [0.2, 0.25) is 0 Å². The van der Waals surface area contributed by atoms with Crippen LogP contribution in [0.25, 0.3) is 11.1 Å². The quantitative estimate of drug-likeness (QED) is 0.783. The lowest BCUT2D eigenvalue weighted by molar-refractivity contribution is 0.538. The number of pyridine rings is 1. The van der Waals surface area contributed by atoms with Crippen molar-refractivity contribution in [1.29, 1.82) is 0 Å². The highest BCUT2D eigenvalue weighted by Crippen LogP contribution is 2.20. The van der Waals surface area contributed by atoms with Crippen molar-refractivity contribution in [3.05, 3.63) is 53.7 Å². The van der Waals surface area contributed by atoms with Gasteiger partial charge in [0.05, 0.1) is 12.2 Å². The Bertz CT molecular complexity index is 716. The SMILES string of the molecule is CCc1nc2cc(NCc3ccc(C)cn3)ccc2o1. The summed E-state index contributed by atoms with van der Waals surface area (Å²) in [6.07, 6.45) is 2.69. The number of nitrogens with one attached hydrogen (secondary N) is 1. The van der Waals surface area contributed by atoms with E-state index in [9.17, 15) is 0 Å². The van der Waals surface area contributed by atoms with Crippen LogP contribution < -0.4 is 5.32 Å². The summed E-state index contributed by atoms with van der Waals surface area (Å²) < 4.78 is 5.60. The summed E-state index contributed by atoms with van der Waals surface area (Å²) in [6.45, 7) is 4.77. The number of benzene rings is 1. The average Bonchev–Trinajstić information content (AvgIpc) is 2.89. The van der Waals surface area contributed by atoms with E-state index < -0.39 is 0 Å². The van der Waals surface area contributed by atoms with Crippen LogP contribution in [-0.2, 0) is 13.0 Å². The van der Waals surface area contributed by atoms with Crippen molar-refractivity contribution in [2.24, 2.45) is 0 Å². The topological polar surface area (TPSA) is 51.0 Å². The number of anilines is 1. The predicted molar refractivity (Wildman–Crippen MR) is 79.7 cm³/mol. The number of aryl methyl sites for hydroxylation is 2. The average molecular weight is 267 g/mol. The third-order valence-corrected chi connectivity index (χ3v) is 3.18. The fraction of sp³-hybridized carbons (Fsp3) is 0.250. The first-order chi connectivity index (χ1) is 9.74. The van der Waals surface area contributed by atoms with Gasteiger partial charge < -0.3 is 9.73 Å². The molecule has 0 radical (unpaired) electrons. The number of hydrogen-bond donors (Lipinski definition) is 1. The van der Waals surface area contributed by atoms with Crippen molar-refractivity contribution < 1.29 is 4.42 Å². The number of aromatic nitrogens is 2. The Kier molecular flexibility index (Phi) is 3.37. The summed E-state index contributed by atoms with van der Waals surface area (Å²) in [6, 6.07) is 10.1. The van der Waals surface area contributed by atoms with Crippen LogP contribution in [0.5, 0.6) is 0 Å². The summed E-state index contributed by atoms with van der Waals surface area (Å²) in [5.74, 6) is 0.775. The lowest BCUT2D eigenvalue weighted by Crippen LogP contribution is -2.01. The third kappa shape index (κ3) is 2.64. The highest BCUT2D eigenvalue weighted by atomic mass is 16.3. The van der Waals surface area contributed by atoms with Gasteiger partial charge in [-0.2, -0.15) is 0 Å². The predicted octanol–water partition coefficient (Wildman–Crippen LogP) is 3.71. The number of oxazole rings is 1. The Morgan fingerprint density at radius 2 is 2.10 bits per heavy atom. The minimum Gasteiger partial charge on any atom is -0.441 e. The van der Waals surface area contributed by atoms with E-state index in [1.165, 1.54) is 5.56 Å². The van der Waals surface area contributed by atoms with Gasteiger partial charge in [0, 0.05) is 18.3 Å². The largest absolute Gasteiger partial charge is 0.441 e. The van der Waals surface area contributed by atoms with E-state index in [0.717, 1.165) is 34.8 Å². The number of hydrogen-bond acceptors (Lipinski definition) is 4. The molecule has 0 fully saturated rings. The van der Waals surface area contributed by atoms with Crippen molar-refractivity contribution in [1.82, 2.24) is 9.97 Å². The second-order valence-corrected chi connectivity index (χ2v) is 4.82. The number of nitrogens with zero attached hydrogens (tertiary/aromatic N) is 2. The molecule has 0 atom stereocenters. The van der Waals surface area contributed by atoms with Gasteiger partial charge in [-0.1, -0.05) is 13.0 Å². The Balaban J connectivity index is 1.75. The first kappa shape index (κ1) is 12.7. The van der Waals surface area contributed by atoms with Gasteiger partial charge in [-0.15, -0.1) is 0 Å². The lowest BCUT2D eigenvalue weighted by atomic mass is 10.2. The van der Waals surface area contributed by atoms with Gasteiger partial charge in [0.15, 0.2) is 11.5 Å². The fourth-order valence-electron chi connectivity index (χ4n) is 2.03. The van der Waals surface area contributed by atoms with Gasteiger partial charge in [0.25, 0.3) is 0 Å². The van der Waals surface area contributed by atoms with E-state index in [0.29, 0.717) is 6.54 Å². The highest BCUT2D eigenvalue weighted by Gasteiger charge is 2.04. The zero-order chi connectivity index (χ0) is 13.9. The monoisotopic (exact) mass is 267 g/mol. The van der Waals surface area contributed by atoms with E-state index in [4.69, 9.17) is 4.42 Å². The van der Waals surface area contributed by atoms with Crippen molar-refractivity contribution in [3.8, 4) is 0 Å². The minimum atomic E-state index is 0.699. The van der Waals surface area contributed by atoms with Gasteiger partial charge in [-0.3, -0.25) is 4.98 Å². The second-order valence-electron chi connectivity index (χ2n) is 4.82. The van der Waals surface area contributed by atoms with E-state index in [1.54, 1.807) is 0 Å². The van der Waals surface area contributed by atoms with Crippen LogP contribution >= 0.6 is 0 Å². The zero-order valence-electron chi connectivity index (χ0n) is 11.7. The lowest BCUT2D eigenvalue weighted by Gasteiger charge is -2.05. The molecule has 20 heavy (non-hydrogen) atoms. The molecule has 3 aromatic rings.